The van der Waals surface area contributed by atoms with E-state index in [0.29, 0.717) is 18.5 Å². The van der Waals surface area contributed by atoms with E-state index in [9.17, 15) is 9.18 Å². The maximum absolute atomic E-state index is 13.3. The molecule has 0 saturated carbocycles. The molecule has 1 aromatic heterocycles. The highest BCUT2D eigenvalue weighted by molar-refractivity contribution is 9.10. The molecule has 0 unspecified atom stereocenters. The van der Waals surface area contributed by atoms with Gasteiger partial charge in [-0.05, 0) is 52.2 Å². The number of carbonyl (C=O) groups is 1. The maximum Gasteiger partial charge on any atom is 0.252 e. The molecular weight excluding hydrogens is 311 g/mol. The fourth-order valence-corrected chi connectivity index (χ4v) is 2.09. The second-order valence-electron chi connectivity index (χ2n) is 3.96. The van der Waals surface area contributed by atoms with Crippen molar-refractivity contribution in [1.82, 2.24) is 10.3 Å². The predicted molar refractivity (Wildman–Crippen MR) is 74.4 cm³/mol. The Bertz CT molecular complexity index is 575. The quantitative estimate of drug-likeness (QED) is 0.940. The highest BCUT2D eigenvalue weighted by Gasteiger charge is 2.12. The first-order chi connectivity index (χ1) is 9.18. The van der Waals surface area contributed by atoms with Crippen molar-refractivity contribution >= 4 is 21.8 Å². The van der Waals surface area contributed by atoms with Crippen LogP contribution in [0.3, 0.4) is 0 Å². The molecular formula is C14H12BrFN2O. The Morgan fingerprint density at radius 1 is 1.26 bits per heavy atom. The van der Waals surface area contributed by atoms with Gasteiger partial charge >= 0.3 is 0 Å². The van der Waals surface area contributed by atoms with Crippen LogP contribution in [0, 0.1) is 5.82 Å². The standard InChI is InChI=1S/C14H12BrFN2O/c15-13-11(2-1-3-12(13)16)14(19)18-9-6-10-4-7-17-8-5-10/h1-5,7-8H,6,9H2,(H,18,19). The number of amides is 1. The lowest BCUT2D eigenvalue weighted by molar-refractivity contribution is 0.0953. The van der Waals surface area contributed by atoms with Crippen LogP contribution in [0.2, 0.25) is 0 Å². The molecule has 0 fully saturated rings. The predicted octanol–water partition coefficient (Wildman–Crippen LogP) is 2.96. The van der Waals surface area contributed by atoms with E-state index < -0.39 is 5.82 Å². The Hall–Kier alpha value is -1.75. The van der Waals surface area contributed by atoms with Crippen molar-refractivity contribution in [3.05, 3.63) is 64.1 Å². The number of rotatable bonds is 4. The SMILES string of the molecule is O=C(NCCc1ccncc1)c1cccc(F)c1Br. The zero-order chi connectivity index (χ0) is 13.7. The summed E-state index contributed by atoms with van der Waals surface area (Å²) in [5, 5.41) is 2.76. The molecule has 1 aromatic carbocycles. The van der Waals surface area contributed by atoms with Gasteiger partial charge in [-0.1, -0.05) is 6.07 Å². The molecule has 1 amide bonds. The van der Waals surface area contributed by atoms with E-state index in [0.717, 1.165) is 5.56 Å². The summed E-state index contributed by atoms with van der Waals surface area (Å²) in [7, 11) is 0. The molecule has 19 heavy (non-hydrogen) atoms. The molecule has 3 nitrogen and oxygen atoms in total. The minimum absolute atomic E-state index is 0.191. The van der Waals surface area contributed by atoms with Crippen LogP contribution in [0.25, 0.3) is 0 Å². The number of nitrogens with zero attached hydrogens (tertiary/aromatic N) is 1. The minimum atomic E-state index is -0.443. The summed E-state index contributed by atoms with van der Waals surface area (Å²) in [4.78, 5) is 15.8. The number of benzene rings is 1. The van der Waals surface area contributed by atoms with Gasteiger partial charge in [-0.3, -0.25) is 9.78 Å². The van der Waals surface area contributed by atoms with Gasteiger partial charge in [0.1, 0.15) is 5.82 Å². The number of aromatic nitrogens is 1. The second-order valence-corrected chi connectivity index (χ2v) is 4.76. The first-order valence-electron chi connectivity index (χ1n) is 5.79. The van der Waals surface area contributed by atoms with E-state index in [1.807, 2.05) is 12.1 Å². The van der Waals surface area contributed by atoms with Crippen LogP contribution in [0.4, 0.5) is 4.39 Å². The average Bonchev–Trinajstić information content (AvgIpc) is 2.43. The van der Waals surface area contributed by atoms with E-state index in [1.165, 1.54) is 12.1 Å². The molecule has 0 saturated heterocycles. The monoisotopic (exact) mass is 322 g/mol. The maximum atomic E-state index is 13.3. The summed E-state index contributed by atoms with van der Waals surface area (Å²) in [6, 6.07) is 8.18. The van der Waals surface area contributed by atoms with Crippen molar-refractivity contribution in [2.75, 3.05) is 6.54 Å². The lowest BCUT2D eigenvalue weighted by atomic mass is 10.2. The summed E-state index contributed by atoms with van der Waals surface area (Å²) >= 11 is 3.07. The van der Waals surface area contributed by atoms with E-state index >= 15 is 0 Å². The van der Waals surface area contributed by atoms with Crippen molar-refractivity contribution < 1.29 is 9.18 Å². The molecule has 0 atom stereocenters. The Labute approximate surface area is 119 Å². The summed E-state index contributed by atoms with van der Waals surface area (Å²) in [5.74, 6) is -0.734. The number of hydrogen-bond donors (Lipinski definition) is 1. The van der Waals surface area contributed by atoms with E-state index in [-0.39, 0.29) is 10.4 Å². The molecule has 0 aliphatic heterocycles. The fraction of sp³-hybridized carbons (Fsp3) is 0.143. The number of nitrogens with one attached hydrogen (secondary N) is 1. The molecule has 0 bridgehead atoms. The Kier molecular flexibility index (Phi) is 4.63. The summed E-state index contributed by atoms with van der Waals surface area (Å²) in [6.07, 6.45) is 4.13. The highest BCUT2D eigenvalue weighted by atomic mass is 79.9. The summed E-state index contributed by atoms with van der Waals surface area (Å²) < 4.78 is 13.5. The topological polar surface area (TPSA) is 42.0 Å². The first kappa shape index (κ1) is 13.7. The van der Waals surface area contributed by atoms with Gasteiger partial charge in [-0.15, -0.1) is 0 Å². The fourth-order valence-electron chi connectivity index (χ4n) is 1.64. The number of carbonyl (C=O) groups excluding carboxylic acids is 1. The Morgan fingerprint density at radius 2 is 2.00 bits per heavy atom. The van der Waals surface area contributed by atoms with Crippen LogP contribution in [-0.4, -0.2) is 17.4 Å². The van der Waals surface area contributed by atoms with Gasteiger partial charge in [0, 0.05) is 18.9 Å². The molecule has 1 heterocycles. The molecule has 2 aromatic rings. The van der Waals surface area contributed by atoms with Crippen LogP contribution in [0.1, 0.15) is 15.9 Å². The van der Waals surface area contributed by atoms with Crippen LogP contribution in [-0.2, 0) is 6.42 Å². The lowest BCUT2D eigenvalue weighted by Gasteiger charge is -2.07. The highest BCUT2D eigenvalue weighted by Crippen LogP contribution is 2.20. The third-order valence-electron chi connectivity index (χ3n) is 2.64. The number of pyridine rings is 1. The molecule has 2 rings (SSSR count). The third-order valence-corrected chi connectivity index (χ3v) is 3.45. The zero-order valence-corrected chi connectivity index (χ0v) is 11.7. The van der Waals surface area contributed by atoms with Gasteiger partial charge in [0.05, 0.1) is 10.0 Å². The second kappa shape index (κ2) is 6.43. The Morgan fingerprint density at radius 3 is 2.74 bits per heavy atom. The molecule has 0 radical (unpaired) electrons. The summed E-state index contributed by atoms with van der Waals surface area (Å²) in [6.45, 7) is 0.492. The molecule has 5 heteroatoms. The smallest absolute Gasteiger partial charge is 0.252 e. The van der Waals surface area contributed by atoms with Crippen molar-refractivity contribution in [3.8, 4) is 0 Å². The minimum Gasteiger partial charge on any atom is -0.352 e. The van der Waals surface area contributed by atoms with Gasteiger partial charge in [0.25, 0.3) is 5.91 Å². The van der Waals surface area contributed by atoms with E-state index in [4.69, 9.17) is 0 Å². The summed E-state index contributed by atoms with van der Waals surface area (Å²) in [5.41, 5.74) is 1.39. The third kappa shape index (κ3) is 3.61. The Balaban J connectivity index is 1.93. The van der Waals surface area contributed by atoms with Gasteiger partial charge < -0.3 is 5.32 Å². The van der Waals surface area contributed by atoms with Gasteiger partial charge in [0.2, 0.25) is 0 Å². The largest absolute Gasteiger partial charge is 0.352 e. The zero-order valence-electron chi connectivity index (χ0n) is 10.1. The molecule has 0 aliphatic carbocycles. The number of hydrogen-bond acceptors (Lipinski definition) is 2. The average molecular weight is 323 g/mol. The van der Waals surface area contributed by atoms with E-state index in [1.54, 1.807) is 18.5 Å². The van der Waals surface area contributed by atoms with Gasteiger partial charge in [-0.25, -0.2) is 4.39 Å². The van der Waals surface area contributed by atoms with Crippen molar-refractivity contribution in [2.45, 2.75) is 6.42 Å². The molecule has 0 aliphatic rings. The van der Waals surface area contributed by atoms with Crippen molar-refractivity contribution in [2.24, 2.45) is 0 Å². The van der Waals surface area contributed by atoms with Crippen LogP contribution in [0.5, 0.6) is 0 Å². The first-order valence-corrected chi connectivity index (χ1v) is 6.59. The number of halogens is 2. The molecule has 0 spiro atoms. The van der Waals surface area contributed by atoms with Crippen molar-refractivity contribution in [1.29, 1.82) is 0 Å². The normalized spacial score (nSPS) is 10.2. The molecule has 1 N–H and O–H groups in total. The van der Waals surface area contributed by atoms with Crippen molar-refractivity contribution in [3.63, 3.8) is 0 Å². The van der Waals surface area contributed by atoms with Crippen LogP contribution >= 0.6 is 15.9 Å². The van der Waals surface area contributed by atoms with E-state index in [2.05, 4.69) is 26.2 Å². The lowest BCUT2D eigenvalue weighted by Crippen LogP contribution is -2.26. The van der Waals surface area contributed by atoms with Crippen LogP contribution < -0.4 is 5.32 Å². The molecule has 98 valence electrons. The van der Waals surface area contributed by atoms with Crippen LogP contribution in [0.15, 0.2) is 47.2 Å². The van der Waals surface area contributed by atoms with Gasteiger partial charge in [0.15, 0.2) is 0 Å². The van der Waals surface area contributed by atoms with Gasteiger partial charge in [-0.2, -0.15) is 0 Å².